The van der Waals surface area contributed by atoms with Crippen LogP contribution in [-0.2, 0) is 0 Å². The lowest BCUT2D eigenvalue weighted by Crippen LogP contribution is -2.42. The van der Waals surface area contributed by atoms with Gasteiger partial charge in [-0.15, -0.1) is 0 Å². The second-order valence-corrected chi connectivity index (χ2v) is 15.1. The molecule has 0 unspecified atom stereocenters. The zero-order valence-electron chi connectivity index (χ0n) is 34.4. The van der Waals surface area contributed by atoms with Crippen LogP contribution < -0.4 is 0 Å². The molecule has 0 spiro atoms. The summed E-state index contributed by atoms with van der Waals surface area (Å²) in [5.41, 5.74) is -2.22. The van der Waals surface area contributed by atoms with Crippen molar-refractivity contribution in [2.24, 2.45) is 41.4 Å². The minimum Gasteiger partial charge on any atom is -0.396 e. The zero-order valence-corrected chi connectivity index (χ0v) is 34.4. The monoisotopic (exact) mass is 689 g/mol. The summed E-state index contributed by atoms with van der Waals surface area (Å²) in [7, 11) is 0. The van der Waals surface area contributed by atoms with E-state index in [4.69, 9.17) is 30.6 Å². The highest BCUT2D eigenvalue weighted by atomic mass is 16.4. The Morgan fingerprint density at radius 3 is 0.702 bits per heavy atom. The summed E-state index contributed by atoms with van der Waals surface area (Å²) < 4.78 is 0. The molecule has 294 valence electrons. The smallest absolute Gasteiger partial charge is 0.113 e. The quantitative estimate of drug-likeness (QED) is 0.105. The van der Waals surface area contributed by atoms with Gasteiger partial charge in [-0.3, -0.25) is 0 Å². The summed E-state index contributed by atoms with van der Waals surface area (Å²) in [6.07, 6.45) is 3.23. The standard InChI is InChI=1S/2C7H16O.C6H14O3.C6H14O2.2C6H14O/c2*1-5-7(4,8)6(2)3;1-5(2)6(9,3-7)4-8;1-5(2)6(3-7)4-8;2*1-4-6(7)5(2)3/h2*6,8H,5H2,1-4H3;5,7-9H,3-4H2,1-2H3;5-8H,3-4H2,1-2H3;2*5-7H,4H2,1-3H3/t2*7-;;;2*6-/m10..10/s1. The van der Waals surface area contributed by atoms with Crippen molar-refractivity contribution >= 4 is 0 Å². The lowest BCUT2D eigenvalue weighted by atomic mass is 9.90. The summed E-state index contributed by atoms with van der Waals surface area (Å²) in [6.45, 7) is 34.8. The maximum atomic E-state index is 9.40. The van der Waals surface area contributed by atoms with Crippen LogP contribution in [0.2, 0.25) is 0 Å². The predicted molar refractivity (Wildman–Crippen MR) is 200 cm³/mol. The third-order valence-corrected chi connectivity index (χ3v) is 9.33. The molecule has 0 heterocycles. The van der Waals surface area contributed by atoms with Crippen molar-refractivity contribution in [3.8, 4) is 0 Å². The molecule has 0 aromatic rings. The third kappa shape index (κ3) is 35.3. The average Bonchev–Trinajstić information content (AvgIpc) is 3.01. The molecule has 0 aliphatic heterocycles. The van der Waals surface area contributed by atoms with Crippen LogP contribution in [0.1, 0.15) is 150 Å². The number of aliphatic hydroxyl groups excluding tert-OH is 6. The first-order valence-electron chi connectivity index (χ1n) is 18.1. The van der Waals surface area contributed by atoms with Crippen LogP contribution in [0.4, 0.5) is 0 Å². The van der Waals surface area contributed by atoms with Crippen molar-refractivity contribution in [3.05, 3.63) is 0 Å². The third-order valence-electron chi connectivity index (χ3n) is 9.33. The molecule has 0 saturated carbocycles. The Morgan fingerprint density at radius 1 is 0.447 bits per heavy atom. The van der Waals surface area contributed by atoms with E-state index in [1.807, 2.05) is 111 Å². The Labute approximate surface area is 292 Å². The average molecular weight is 689 g/mol. The maximum Gasteiger partial charge on any atom is 0.113 e. The maximum absolute atomic E-state index is 9.40. The van der Waals surface area contributed by atoms with E-state index in [-0.39, 0.29) is 50.5 Å². The number of aliphatic hydroxyl groups is 9. The van der Waals surface area contributed by atoms with E-state index in [1.165, 1.54) is 0 Å². The zero-order chi connectivity index (χ0) is 39.4. The van der Waals surface area contributed by atoms with Gasteiger partial charge in [-0.05, 0) is 75.0 Å². The van der Waals surface area contributed by atoms with Crippen molar-refractivity contribution in [3.63, 3.8) is 0 Å². The summed E-state index contributed by atoms with van der Waals surface area (Å²) >= 11 is 0. The highest BCUT2D eigenvalue weighted by Gasteiger charge is 2.28. The summed E-state index contributed by atoms with van der Waals surface area (Å²) in [4.78, 5) is 0. The number of hydrogen-bond donors (Lipinski definition) is 9. The molecule has 0 aliphatic carbocycles. The summed E-state index contributed by atoms with van der Waals surface area (Å²) in [5.74, 6) is 1.91. The second kappa shape index (κ2) is 32.8. The first-order valence-corrected chi connectivity index (χ1v) is 18.1. The number of hydrogen-bond acceptors (Lipinski definition) is 9. The summed E-state index contributed by atoms with van der Waals surface area (Å²) in [5, 5.41) is 80.0. The lowest BCUT2D eigenvalue weighted by molar-refractivity contribution is -0.0862. The largest absolute Gasteiger partial charge is 0.396 e. The van der Waals surface area contributed by atoms with Crippen LogP contribution in [-0.4, -0.2) is 101 Å². The normalized spacial score (nSPS) is 15.2. The van der Waals surface area contributed by atoms with Gasteiger partial charge >= 0.3 is 0 Å². The van der Waals surface area contributed by atoms with Gasteiger partial charge in [0, 0.05) is 19.1 Å². The molecule has 9 nitrogen and oxygen atoms in total. The van der Waals surface area contributed by atoms with Crippen LogP contribution in [0.15, 0.2) is 0 Å². The van der Waals surface area contributed by atoms with E-state index in [0.717, 1.165) is 25.7 Å². The van der Waals surface area contributed by atoms with Gasteiger partial charge in [0.2, 0.25) is 0 Å². The Morgan fingerprint density at radius 2 is 0.702 bits per heavy atom. The van der Waals surface area contributed by atoms with E-state index < -0.39 is 16.8 Å². The van der Waals surface area contributed by atoms with Crippen molar-refractivity contribution in [2.75, 3.05) is 26.4 Å². The molecule has 0 amide bonds. The van der Waals surface area contributed by atoms with Crippen molar-refractivity contribution in [1.82, 2.24) is 0 Å². The van der Waals surface area contributed by atoms with Gasteiger partial charge < -0.3 is 46.0 Å². The van der Waals surface area contributed by atoms with Crippen molar-refractivity contribution in [2.45, 2.75) is 179 Å². The van der Waals surface area contributed by atoms with Crippen molar-refractivity contribution in [1.29, 1.82) is 0 Å². The minimum atomic E-state index is -1.31. The highest BCUT2D eigenvalue weighted by molar-refractivity contribution is 4.79. The fraction of sp³-hybridized carbons (Fsp3) is 1.00. The Kier molecular flexibility index (Phi) is 41.1. The van der Waals surface area contributed by atoms with Crippen molar-refractivity contribution < 1.29 is 46.0 Å². The van der Waals surface area contributed by atoms with E-state index >= 15 is 0 Å². The minimum absolute atomic E-state index is 0.0648. The van der Waals surface area contributed by atoms with Crippen LogP contribution in [0.5, 0.6) is 0 Å². The summed E-state index contributed by atoms with van der Waals surface area (Å²) in [6, 6.07) is 0. The Balaban J connectivity index is -0.000000108. The van der Waals surface area contributed by atoms with Crippen LogP contribution in [0.3, 0.4) is 0 Å². The fourth-order valence-corrected chi connectivity index (χ4v) is 2.65. The Bertz CT molecular complexity index is 576. The van der Waals surface area contributed by atoms with Gasteiger partial charge in [0.25, 0.3) is 0 Å². The van der Waals surface area contributed by atoms with Gasteiger partial charge in [-0.1, -0.05) is 111 Å². The predicted octanol–water partition coefficient (Wildman–Crippen LogP) is 6.03. The molecular formula is C38H88O9. The first-order chi connectivity index (χ1) is 21.2. The van der Waals surface area contributed by atoms with E-state index in [2.05, 4.69) is 0 Å². The van der Waals surface area contributed by atoms with Gasteiger partial charge in [0.15, 0.2) is 0 Å². The second-order valence-electron chi connectivity index (χ2n) is 15.1. The molecule has 9 heteroatoms. The first kappa shape index (κ1) is 58.8. The SMILES string of the molecule is CC(C)C(CO)CO.CC(C)C(O)(CO)CO.CC[C@@H](O)C(C)C.CC[C@@](C)(O)C(C)C.CC[C@H](O)C(C)C.CC[C@](C)(O)C(C)C. The van der Waals surface area contributed by atoms with Crippen LogP contribution in [0, 0.1) is 41.4 Å². The molecular weight excluding hydrogens is 600 g/mol. The van der Waals surface area contributed by atoms with Gasteiger partial charge in [-0.25, -0.2) is 0 Å². The molecule has 0 aliphatic rings. The molecule has 0 saturated heterocycles. The fourth-order valence-electron chi connectivity index (χ4n) is 2.65. The molecule has 0 fully saturated rings. The molecule has 0 rings (SSSR count). The molecule has 9 N–H and O–H groups in total. The molecule has 0 aromatic heterocycles. The van der Waals surface area contributed by atoms with E-state index in [9.17, 15) is 15.3 Å². The van der Waals surface area contributed by atoms with E-state index in [0.29, 0.717) is 29.6 Å². The van der Waals surface area contributed by atoms with Crippen LogP contribution >= 0.6 is 0 Å². The topological polar surface area (TPSA) is 182 Å². The Hall–Kier alpha value is -0.360. The van der Waals surface area contributed by atoms with E-state index in [1.54, 1.807) is 13.8 Å². The van der Waals surface area contributed by atoms with Gasteiger partial charge in [0.05, 0.1) is 36.6 Å². The molecule has 4 atom stereocenters. The molecule has 0 bridgehead atoms. The lowest BCUT2D eigenvalue weighted by Gasteiger charge is -2.27. The molecule has 0 radical (unpaired) electrons. The molecule has 47 heavy (non-hydrogen) atoms. The van der Waals surface area contributed by atoms with Gasteiger partial charge in [0.1, 0.15) is 5.60 Å². The van der Waals surface area contributed by atoms with Crippen LogP contribution in [0.25, 0.3) is 0 Å². The molecule has 0 aromatic carbocycles. The van der Waals surface area contributed by atoms with Gasteiger partial charge in [-0.2, -0.15) is 0 Å². The highest BCUT2D eigenvalue weighted by Crippen LogP contribution is 2.19. The number of rotatable bonds is 14.